The summed E-state index contributed by atoms with van der Waals surface area (Å²) in [6.07, 6.45) is -4.42. The van der Waals surface area contributed by atoms with E-state index in [1.54, 1.807) is 17.4 Å². The van der Waals surface area contributed by atoms with Crippen molar-refractivity contribution in [3.63, 3.8) is 0 Å². The fraction of sp³-hybridized carbons (Fsp3) is 0.214. The van der Waals surface area contributed by atoms with Crippen molar-refractivity contribution in [2.75, 3.05) is 6.61 Å². The normalized spacial score (nSPS) is 11.2. The average molecular weight is 297 g/mol. The fourth-order valence-electron chi connectivity index (χ4n) is 1.65. The van der Waals surface area contributed by atoms with Gasteiger partial charge in [-0.05, 0) is 42.8 Å². The largest absolute Gasteiger partial charge is 0.483 e. The van der Waals surface area contributed by atoms with Crippen LogP contribution in [0.15, 0.2) is 30.3 Å². The predicted molar refractivity (Wildman–Crippen MR) is 70.8 cm³/mol. The minimum absolute atomic E-state index is 0.0538. The van der Waals surface area contributed by atoms with Crippen LogP contribution >= 0.6 is 11.3 Å². The summed E-state index contributed by atoms with van der Waals surface area (Å²) in [6.45, 7) is 0.555. The van der Waals surface area contributed by atoms with Gasteiger partial charge in [0.05, 0.1) is 5.56 Å². The summed E-state index contributed by atoms with van der Waals surface area (Å²) in [6, 6.07) is 10.3. The van der Waals surface area contributed by atoms with E-state index in [4.69, 9.17) is 5.26 Å². The Bertz CT molecular complexity index is 655. The highest BCUT2D eigenvalue weighted by Gasteiger charge is 2.28. The maximum absolute atomic E-state index is 12.1. The molecule has 0 unspecified atom stereocenters. The Morgan fingerprint density at radius 2 is 2.00 bits per heavy atom. The molecule has 0 radical (unpaired) electrons. The molecule has 0 N–H and O–H groups in total. The molecule has 0 aliphatic carbocycles. The first-order valence-corrected chi connectivity index (χ1v) is 6.51. The van der Waals surface area contributed by atoms with Gasteiger partial charge in [-0.2, -0.15) is 18.4 Å². The zero-order chi connectivity index (χ0) is 14.8. The number of nitrogens with zero attached hydrogens (tertiary/aromatic N) is 1. The second-order valence-corrected chi connectivity index (χ2v) is 5.42. The first-order chi connectivity index (χ1) is 9.39. The molecule has 0 amide bonds. The van der Waals surface area contributed by atoms with Crippen LogP contribution in [0.25, 0.3) is 10.4 Å². The first kappa shape index (κ1) is 14.4. The molecule has 6 heteroatoms. The van der Waals surface area contributed by atoms with Crippen molar-refractivity contribution in [1.82, 2.24) is 0 Å². The van der Waals surface area contributed by atoms with E-state index >= 15 is 0 Å². The van der Waals surface area contributed by atoms with E-state index in [9.17, 15) is 13.2 Å². The number of rotatable bonds is 3. The lowest BCUT2D eigenvalue weighted by Gasteiger charge is -2.11. The zero-order valence-corrected chi connectivity index (χ0v) is 11.3. The van der Waals surface area contributed by atoms with Crippen molar-refractivity contribution >= 4 is 11.3 Å². The Kier molecular flexibility index (Phi) is 4.00. The van der Waals surface area contributed by atoms with Gasteiger partial charge in [-0.15, -0.1) is 11.3 Å². The molecule has 0 aliphatic rings. The van der Waals surface area contributed by atoms with Crippen LogP contribution in [0.3, 0.4) is 0 Å². The van der Waals surface area contributed by atoms with E-state index in [0.29, 0.717) is 0 Å². The van der Waals surface area contributed by atoms with Gasteiger partial charge >= 0.3 is 6.18 Å². The van der Waals surface area contributed by atoms with Gasteiger partial charge < -0.3 is 4.74 Å². The molecule has 1 heterocycles. The molecular weight excluding hydrogens is 287 g/mol. The van der Waals surface area contributed by atoms with Crippen LogP contribution < -0.4 is 4.74 Å². The van der Waals surface area contributed by atoms with Crippen molar-refractivity contribution in [2.45, 2.75) is 13.1 Å². The van der Waals surface area contributed by atoms with Crippen molar-refractivity contribution in [1.29, 1.82) is 5.26 Å². The van der Waals surface area contributed by atoms with Gasteiger partial charge in [-0.25, -0.2) is 0 Å². The zero-order valence-electron chi connectivity index (χ0n) is 10.5. The lowest BCUT2D eigenvalue weighted by Crippen LogP contribution is -2.19. The summed E-state index contributed by atoms with van der Waals surface area (Å²) in [5, 5.41) is 9.02. The summed E-state index contributed by atoms with van der Waals surface area (Å²) in [4.78, 5) is 2.08. The Morgan fingerprint density at radius 3 is 2.55 bits per heavy atom. The molecule has 1 aromatic heterocycles. The second kappa shape index (κ2) is 5.55. The smallest absolute Gasteiger partial charge is 0.422 e. The molecule has 2 nitrogen and oxygen atoms in total. The molecule has 2 aromatic rings. The summed E-state index contributed by atoms with van der Waals surface area (Å²) < 4.78 is 41.0. The standard InChI is InChI=1S/C14H10F3NOS/c1-9-2-5-13(20-9)10-3-4-12(11(6-10)7-18)19-8-14(15,16)17/h2-6H,8H2,1H3. The summed E-state index contributed by atoms with van der Waals surface area (Å²) in [5.74, 6) is -0.0538. The quantitative estimate of drug-likeness (QED) is 0.833. The number of nitriles is 1. The molecule has 0 saturated heterocycles. The maximum atomic E-state index is 12.1. The van der Waals surface area contributed by atoms with Gasteiger partial charge in [0, 0.05) is 9.75 Å². The number of thiophene rings is 1. The molecule has 1 aromatic carbocycles. The van der Waals surface area contributed by atoms with Crippen LogP contribution in [-0.2, 0) is 0 Å². The van der Waals surface area contributed by atoms with E-state index in [1.165, 1.54) is 12.1 Å². The molecule has 0 atom stereocenters. The summed E-state index contributed by atoms with van der Waals surface area (Å²) >= 11 is 1.55. The Balaban J connectivity index is 2.27. The van der Waals surface area contributed by atoms with Crippen LogP contribution in [-0.4, -0.2) is 12.8 Å². The Morgan fingerprint density at radius 1 is 1.25 bits per heavy atom. The van der Waals surface area contributed by atoms with Gasteiger partial charge in [0.25, 0.3) is 0 Å². The van der Waals surface area contributed by atoms with Crippen LogP contribution in [0.5, 0.6) is 5.75 Å². The van der Waals surface area contributed by atoms with Gasteiger partial charge in [-0.1, -0.05) is 0 Å². The summed E-state index contributed by atoms with van der Waals surface area (Å²) in [5.41, 5.74) is 0.886. The van der Waals surface area contributed by atoms with Crippen molar-refractivity contribution in [3.8, 4) is 22.3 Å². The van der Waals surface area contributed by atoms with Gasteiger partial charge in [0.15, 0.2) is 6.61 Å². The maximum Gasteiger partial charge on any atom is 0.422 e. The number of hydrogen-bond acceptors (Lipinski definition) is 3. The number of aryl methyl sites for hydroxylation is 1. The molecular formula is C14H10F3NOS. The molecule has 0 saturated carbocycles. The van der Waals surface area contributed by atoms with Crippen molar-refractivity contribution in [2.24, 2.45) is 0 Å². The number of benzene rings is 1. The Labute approximate surface area is 118 Å². The van der Waals surface area contributed by atoms with E-state index in [0.717, 1.165) is 15.3 Å². The van der Waals surface area contributed by atoms with E-state index in [-0.39, 0.29) is 11.3 Å². The lowest BCUT2D eigenvalue weighted by atomic mass is 10.1. The van der Waals surface area contributed by atoms with E-state index in [2.05, 4.69) is 4.74 Å². The molecule has 20 heavy (non-hydrogen) atoms. The third-order valence-electron chi connectivity index (χ3n) is 2.52. The second-order valence-electron chi connectivity index (χ2n) is 4.14. The minimum atomic E-state index is -4.42. The highest BCUT2D eigenvalue weighted by molar-refractivity contribution is 7.15. The average Bonchev–Trinajstić information content (AvgIpc) is 2.82. The van der Waals surface area contributed by atoms with Crippen molar-refractivity contribution in [3.05, 3.63) is 40.8 Å². The minimum Gasteiger partial charge on any atom is -0.483 e. The third-order valence-corrected chi connectivity index (χ3v) is 3.57. The summed E-state index contributed by atoms with van der Waals surface area (Å²) in [7, 11) is 0. The first-order valence-electron chi connectivity index (χ1n) is 5.69. The molecule has 104 valence electrons. The number of alkyl halides is 3. The van der Waals surface area contributed by atoms with Crippen LogP contribution in [0.4, 0.5) is 13.2 Å². The van der Waals surface area contributed by atoms with E-state index < -0.39 is 12.8 Å². The van der Waals surface area contributed by atoms with Crippen LogP contribution in [0.1, 0.15) is 10.4 Å². The molecule has 0 fully saturated rings. The molecule has 0 bridgehead atoms. The van der Waals surface area contributed by atoms with E-state index in [1.807, 2.05) is 25.1 Å². The third kappa shape index (κ3) is 3.52. The van der Waals surface area contributed by atoms with Crippen LogP contribution in [0.2, 0.25) is 0 Å². The topological polar surface area (TPSA) is 33.0 Å². The molecule has 2 rings (SSSR count). The molecule has 0 spiro atoms. The predicted octanol–water partition coefficient (Wildman–Crippen LogP) is 4.54. The SMILES string of the molecule is Cc1ccc(-c2ccc(OCC(F)(F)F)c(C#N)c2)s1. The van der Waals surface area contributed by atoms with Crippen LogP contribution in [0, 0.1) is 18.3 Å². The number of ether oxygens (including phenoxy) is 1. The van der Waals surface area contributed by atoms with Gasteiger partial charge in [0.1, 0.15) is 11.8 Å². The Hall–Kier alpha value is -2.00. The monoisotopic (exact) mass is 297 g/mol. The number of halogens is 3. The lowest BCUT2D eigenvalue weighted by molar-refractivity contribution is -0.153. The van der Waals surface area contributed by atoms with Gasteiger partial charge in [0.2, 0.25) is 0 Å². The highest BCUT2D eigenvalue weighted by Crippen LogP contribution is 2.31. The van der Waals surface area contributed by atoms with Crippen molar-refractivity contribution < 1.29 is 17.9 Å². The van der Waals surface area contributed by atoms with Gasteiger partial charge in [-0.3, -0.25) is 0 Å². The number of hydrogen-bond donors (Lipinski definition) is 0. The fourth-order valence-corrected chi connectivity index (χ4v) is 2.51. The molecule has 0 aliphatic heterocycles. The highest BCUT2D eigenvalue weighted by atomic mass is 32.1.